The van der Waals surface area contributed by atoms with Crippen molar-refractivity contribution >= 4 is 29.5 Å². The lowest BCUT2D eigenvalue weighted by Crippen LogP contribution is -2.54. The molecule has 0 saturated carbocycles. The molecule has 0 radical (unpaired) electrons. The maximum absolute atomic E-state index is 13.7. The van der Waals surface area contributed by atoms with Crippen molar-refractivity contribution in [3.63, 3.8) is 0 Å². The number of esters is 1. The number of rotatable bonds is 5. The molecule has 1 N–H and O–H groups in total. The molecule has 4 rings (SSSR count). The molecule has 4 heterocycles. The molecule has 0 aromatic carbocycles. The van der Waals surface area contributed by atoms with Crippen molar-refractivity contribution in [1.29, 1.82) is 0 Å². The number of likely N-dealkylation sites (tertiary alicyclic amines) is 1. The van der Waals surface area contributed by atoms with Gasteiger partial charge in [0.05, 0.1) is 23.2 Å². The number of aliphatic hydroxyl groups excluding tert-OH is 1. The molecule has 0 aromatic rings. The summed E-state index contributed by atoms with van der Waals surface area (Å²) >= 11 is 1.57. The number of carbonyl (C=O) groups excluding carboxylic acids is 3. The second-order valence-corrected chi connectivity index (χ2v) is 10.2. The van der Waals surface area contributed by atoms with E-state index in [-0.39, 0.29) is 35.7 Å². The van der Waals surface area contributed by atoms with Crippen molar-refractivity contribution < 1.29 is 24.2 Å². The van der Waals surface area contributed by atoms with Gasteiger partial charge in [-0.2, -0.15) is 0 Å². The van der Waals surface area contributed by atoms with Gasteiger partial charge in [-0.1, -0.05) is 24.3 Å². The first kappa shape index (κ1) is 21.4. The van der Waals surface area contributed by atoms with E-state index in [1.165, 1.54) is 0 Å². The molecular formula is C22H30N2O5S. The fourth-order valence-electron chi connectivity index (χ4n) is 5.22. The van der Waals surface area contributed by atoms with Crippen molar-refractivity contribution in [3.05, 3.63) is 24.3 Å². The fraction of sp³-hybridized carbons (Fsp3) is 0.682. The highest BCUT2D eigenvalue weighted by molar-refractivity contribution is 8.02. The summed E-state index contributed by atoms with van der Waals surface area (Å²) in [4.78, 5) is 43.8. The first-order chi connectivity index (χ1) is 14.4. The molecule has 0 bridgehead atoms. The Hall–Kier alpha value is -1.80. The van der Waals surface area contributed by atoms with Crippen LogP contribution in [-0.4, -0.2) is 81.1 Å². The largest absolute Gasteiger partial charge is 0.465 e. The number of hydrogen-bond donors (Lipinski definition) is 1. The van der Waals surface area contributed by atoms with Gasteiger partial charge in [-0.05, 0) is 33.1 Å². The van der Waals surface area contributed by atoms with E-state index in [0.717, 1.165) is 0 Å². The minimum atomic E-state index is -0.778. The first-order valence-corrected chi connectivity index (χ1v) is 11.7. The Morgan fingerprint density at radius 2 is 2.03 bits per heavy atom. The molecule has 4 aliphatic rings. The minimum absolute atomic E-state index is 0.00989. The number of thioether (sulfide) groups is 1. The lowest BCUT2D eigenvalue weighted by atomic mass is 9.78. The monoisotopic (exact) mass is 434 g/mol. The highest BCUT2D eigenvalue weighted by atomic mass is 32.2. The number of fused-ring (bicyclic) bond motifs is 2. The summed E-state index contributed by atoms with van der Waals surface area (Å²) in [6, 6.07) is -0.634. The zero-order chi connectivity index (χ0) is 21.5. The van der Waals surface area contributed by atoms with E-state index in [1.54, 1.807) is 21.6 Å². The Bertz CT molecular complexity index is 781. The van der Waals surface area contributed by atoms with Crippen molar-refractivity contribution in [2.75, 3.05) is 26.3 Å². The minimum Gasteiger partial charge on any atom is -0.465 e. The molecule has 2 saturated heterocycles. The average molecular weight is 435 g/mol. The molecule has 1 unspecified atom stereocenters. The summed E-state index contributed by atoms with van der Waals surface area (Å²) in [5.74, 6) is -1.75. The summed E-state index contributed by atoms with van der Waals surface area (Å²) in [5, 5.41) is 9.01. The van der Waals surface area contributed by atoms with Crippen LogP contribution in [0.3, 0.4) is 0 Å². The highest BCUT2D eigenvalue weighted by Crippen LogP contribution is 2.60. The molecule has 5 atom stereocenters. The third-order valence-corrected chi connectivity index (χ3v) is 8.33. The predicted octanol–water partition coefficient (Wildman–Crippen LogP) is 1.37. The number of nitrogens with zero attached hydrogens (tertiary/aromatic N) is 2. The Labute approximate surface area is 181 Å². The van der Waals surface area contributed by atoms with Crippen LogP contribution in [0.15, 0.2) is 24.3 Å². The van der Waals surface area contributed by atoms with Crippen LogP contribution in [0.1, 0.15) is 33.1 Å². The standard InChI is InChI=1S/C22H30N2O5S/c1-14(2)23-11-7-9-22-17(16-15(30-22)8-3-6-13-29-21(16)28)19(26)24(10-4-5-12-25)18(22)20(23)27/h3,7-9,14-18,25H,4-6,10-13H2,1-2H3/t15-,16+,17-,18?,22-/m0/s1. The Morgan fingerprint density at radius 1 is 1.23 bits per heavy atom. The van der Waals surface area contributed by atoms with Gasteiger partial charge in [-0.3, -0.25) is 14.4 Å². The number of hydrogen-bond acceptors (Lipinski definition) is 6. The normalized spacial score (nSPS) is 35.7. The molecule has 0 aliphatic carbocycles. The Balaban J connectivity index is 1.79. The SMILES string of the molecule is CC(C)N1CC=C[C@]23S[C@H]4C=CCCOC(=O)[C@H]4[C@H]2C(=O)N(CCCCO)C3C1=O. The van der Waals surface area contributed by atoms with Crippen LogP contribution in [0.2, 0.25) is 0 Å². The molecule has 4 aliphatic heterocycles. The van der Waals surface area contributed by atoms with Crippen LogP contribution < -0.4 is 0 Å². The van der Waals surface area contributed by atoms with Crippen LogP contribution in [0, 0.1) is 11.8 Å². The Morgan fingerprint density at radius 3 is 2.77 bits per heavy atom. The lowest BCUT2D eigenvalue weighted by Gasteiger charge is -2.36. The van der Waals surface area contributed by atoms with Gasteiger partial charge in [-0.15, -0.1) is 11.8 Å². The van der Waals surface area contributed by atoms with Gasteiger partial charge in [-0.25, -0.2) is 0 Å². The maximum atomic E-state index is 13.7. The number of carbonyl (C=O) groups is 3. The predicted molar refractivity (Wildman–Crippen MR) is 114 cm³/mol. The van der Waals surface area contributed by atoms with E-state index in [2.05, 4.69) is 0 Å². The lowest BCUT2D eigenvalue weighted by molar-refractivity contribution is -0.153. The number of amides is 2. The van der Waals surface area contributed by atoms with Crippen molar-refractivity contribution in [2.24, 2.45) is 11.8 Å². The van der Waals surface area contributed by atoms with Crippen molar-refractivity contribution in [2.45, 2.75) is 55.2 Å². The topological polar surface area (TPSA) is 87.2 Å². The van der Waals surface area contributed by atoms with Crippen LogP contribution >= 0.6 is 11.8 Å². The number of ether oxygens (including phenoxy) is 1. The molecule has 1 spiro atoms. The van der Waals surface area contributed by atoms with E-state index in [4.69, 9.17) is 4.74 Å². The second-order valence-electron chi connectivity index (χ2n) is 8.68. The van der Waals surface area contributed by atoms with E-state index >= 15 is 0 Å². The van der Waals surface area contributed by atoms with Crippen molar-refractivity contribution in [3.8, 4) is 0 Å². The molecule has 30 heavy (non-hydrogen) atoms. The van der Waals surface area contributed by atoms with Crippen LogP contribution in [0.25, 0.3) is 0 Å². The number of aliphatic hydroxyl groups is 1. The van der Waals surface area contributed by atoms with Gasteiger partial charge in [0.2, 0.25) is 11.8 Å². The zero-order valence-corrected chi connectivity index (χ0v) is 18.3. The second kappa shape index (κ2) is 8.38. The third kappa shape index (κ3) is 3.28. The van der Waals surface area contributed by atoms with Crippen LogP contribution in [-0.2, 0) is 19.1 Å². The number of unbranched alkanes of at least 4 members (excludes halogenated alkanes) is 1. The summed E-state index contributed by atoms with van der Waals surface area (Å²) in [6.45, 7) is 5.21. The summed E-state index contributed by atoms with van der Waals surface area (Å²) in [6.07, 6.45) is 9.87. The fourth-order valence-corrected chi connectivity index (χ4v) is 7.22. The number of cyclic esters (lactones) is 1. The van der Waals surface area contributed by atoms with Gasteiger partial charge in [0.15, 0.2) is 0 Å². The molecule has 8 heteroatoms. The van der Waals surface area contributed by atoms with Gasteiger partial charge in [0.25, 0.3) is 0 Å². The van der Waals surface area contributed by atoms with E-state index in [9.17, 15) is 19.5 Å². The first-order valence-electron chi connectivity index (χ1n) is 10.8. The van der Waals surface area contributed by atoms with Gasteiger partial charge in [0, 0.05) is 31.0 Å². The molecule has 2 fully saturated rings. The van der Waals surface area contributed by atoms with E-state index < -0.39 is 22.6 Å². The quantitative estimate of drug-likeness (QED) is 0.400. The van der Waals surface area contributed by atoms with Crippen LogP contribution in [0.4, 0.5) is 0 Å². The average Bonchev–Trinajstić information content (AvgIpc) is 3.06. The van der Waals surface area contributed by atoms with Gasteiger partial charge >= 0.3 is 5.97 Å². The highest BCUT2D eigenvalue weighted by Gasteiger charge is 2.70. The third-order valence-electron chi connectivity index (χ3n) is 6.58. The molecule has 7 nitrogen and oxygen atoms in total. The smallest absolute Gasteiger partial charge is 0.311 e. The summed E-state index contributed by atoms with van der Waals surface area (Å²) < 4.78 is 4.68. The zero-order valence-electron chi connectivity index (χ0n) is 17.5. The summed E-state index contributed by atoms with van der Waals surface area (Å²) in [7, 11) is 0. The molecule has 0 aromatic heterocycles. The summed E-state index contributed by atoms with van der Waals surface area (Å²) in [5.41, 5.74) is 0. The van der Waals surface area contributed by atoms with Crippen molar-refractivity contribution in [1.82, 2.24) is 9.80 Å². The molecule has 2 amide bonds. The molecular weight excluding hydrogens is 404 g/mol. The van der Waals surface area contributed by atoms with E-state index in [1.807, 2.05) is 38.2 Å². The maximum Gasteiger partial charge on any atom is 0.311 e. The van der Waals surface area contributed by atoms with Gasteiger partial charge in [0.1, 0.15) is 6.04 Å². The van der Waals surface area contributed by atoms with Gasteiger partial charge < -0.3 is 19.6 Å². The Kier molecular flexibility index (Phi) is 5.99. The van der Waals surface area contributed by atoms with E-state index in [0.29, 0.717) is 39.0 Å². The van der Waals surface area contributed by atoms with Crippen LogP contribution in [0.5, 0.6) is 0 Å². The molecule has 164 valence electrons.